The monoisotopic (exact) mass is 408 g/mol. The molecule has 0 fully saturated rings. The third kappa shape index (κ3) is 2.87. The zero-order chi connectivity index (χ0) is 21.6. The number of carbonyl (C=O) groups excluding carboxylic acids is 4. The first-order chi connectivity index (χ1) is 14.4. The van der Waals surface area contributed by atoms with E-state index >= 15 is 0 Å². The summed E-state index contributed by atoms with van der Waals surface area (Å²) >= 11 is 0. The Balaban J connectivity index is 1.82. The third-order valence-corrected chi connectivity index (χ3v) is 5.59. The van der Waals surface area contributed by atoms with Gasteiger partial charge in [0.1, 0.15) is 6.54 Å². The number of carboxylic acids is 1. The van der Waals surface area contributed by atoms with Crippen molar-refractivity contribution < 1.29 is 29.1 Å². The summed E-state index contributed by atoms with van der Waals surface area (Å²) in [5.74, 6) is -3.70. The molecule has 8 nitrogen and oxygen atoms in total. The Bertz CT molecular complexity index is 1070. The van der Waals surface area contributed by atoms with Crippen molar-refractivity contribution >= 4 is 40.4 Å². The van der Waals surface area contributed by atoms with E-state index in [4.69, 9.17) is 5.11 Å². The topological polar surface area (TPSA) is 112 Å². The van der Waals surface area contributed by atoms with Gasteiger partial charge in [-0.15, -0.1) is 0 Å². The minimum absolute atomic E-state index is 0.114. The Morgan fingerprint density at radius 1 is 0.733 bits per heavy atom. The van der Waals surface area contributed by atoms with Crippen molar-refractivity contribution in [1.82, 2.24) is 9.80 Å². The van der Waals surface area contributed by atoms with Gasteiger partial charge >= 0.3 is 5.97 Å². The highest BCUT2D eigenvalue weighted by Gasteiger charge is 2.39. The van der Waals surface area contributed by atoms with E-state index in [1.807, 2.05) is 0 Å². The lowest BCUT2D eigenvalue weighted by molar-refractivity contribution is -0.137. The van der Waals surface area contributed by atoms with Crippen LogP contribution in [-0.4, -0.2) is 57.6 Å². The van der Waals surface area contributed by atoms with Crippen molar-refractivity contribution in [3.05, 3.63) is 46.5 Å². The van der Waals surface area contributed by atoms with Gasteiger partial charge in [0.2, 0.25) is 0 Å². The van der Waals surface area contributed by atoms with Crippen LogP contribution in [0.3, 0.4) is 0 Å². The molecule has 0 aliphatic carbocycles. The lowest BCUT2D eigenvalue weighted by Crippen LogP contribution is -2.45. The van der Waals surface area contributed by atoms with Crippen LogP contribution < -0.4 is 0 Å². The Morgan fingerprint density at radius 2 is 1.17 bits per heavy atom. The summed E-state index contributed by atoms with van der Waals surface area (Å²) in [5, 5.41) is 9.58. The van der Waals surface area contributed by atoms with E-state index in [9.17, 15) is 24.0 Å². The first-order valence-corrected chi connectivity index (χ1v) is 9.90. The molecular formula is C22H20N2O6. The van der Waals surface area contributed by atoms with E-state index in [2.05, 4.69) is 6.92 Å². The molecule has 2 aromatic carbocycles. The Hall–Kier alpha value is -3.55. The Morgan fingerprint density at radius 3 is 1.57 bits per heavy atom. The number of benzene rings is 2. The maximum Gasteiger partial charge on any atom is 0.323 e. The molecule has 2 aliphatic rings. The quantitative estimate of drug-likeness (QED) is 0.557. The molecule has 0 saturated carbocycles. The van der Waals surface area contributed by atoms with Crippen molar-refractivity contribution in [2.75, 3.05) is 13.1 Å². The average molecular weight is 408 g/mol. The van der Waals surface area contributed by atoms with Crippen LogP contribution in [0.1, 0.15) is 74.0 Å². The molecule has 0 unspecified atom stereocenters. The summed E-state index contributed by atoms with van der Waals surface area (Å²) in [6, 6.07) is 5.81. The van der Waals surface area contributed by atoms with Crippen LogP contribution in [0.25, 0.3) is 10.8 Å². The van der Waals surface area contributed by atoms with Crippen molar-refractivity contribution in [2.45, 2.75) is 32.6 Å². The Labute approximate surface area is 172 Å². The lowest BCUT2D eigenvalue weighted by atomic mass is 9.86. The lowest BCUT2D eigenvalue weighted by Gasteiger charge is -2.31. The second kappa shape index (κ2) is 7.37. The fourth-order valence-electron chi connectivity index (χ4n) is 4.15. The molecule has 2 aromatic rings. The van der Waals surface area contributed by atoms with Crippen molar-refractivity contribution in [3.8, 4) is 0 Å². The molecule has 0 saturated heterocycles. The number of aliphatic carboxylic acids is 1. The smallest absolute Gasteiger partial charge is 0.323 e. The highest BCUT2D eigenvalue weighted by Crippen LogP contribution is 2.37. The summed E-state index contributed by atoms with van der Waals surface area (Å²) in [5.41, 5.74) is 0.771. The minimum atomic E-state index is -1.31. The summed E-state index contributed by atoms with van der Waals surface area (Å²) in [6.45, 7) is 1.63. The molecule has 1 N–H and O–H groups in total. The van der Waals surface area contributed by atoms with E-state index in [-0.39, 0.29) is 27.6 Å². The van der Waals surface area contributed by atoms with Crippen LogP contribution in [0.4, 0.5) is 0 Å². The van der Waals surface area contributed by atoms with Crippen LogP contribution in [0.15, 0.2) is 24.3 Å². The molecule has 8 heteroatoms. The number of amides is 4. The zero-order valence-electron chi connectivity index (χ0n) is 16.4. The molecule has 0 aromatic heterocycles. The summed E-state index contributed by atoms with van der Waals surface area (Å²) < 4.78 is 0. The standard InChI is InChI=1S/C22H20N2O6/c1-2-3-4-5-10-23-19(27)12-6-8-14-18-15(9-7-13(17(12)18)20(23)28)22(30)24(21(14)29)11-16(25)26/h6-9H,2-5,10-11H2,1H3,(H,25,26). The number of rotatable bonds is 7. The molecule has 2 heterocycles. The number of imide groups is 2. The van der Waals surface area contributed by atoms with Gasteiger partial charge in [0, 0.05) is 39.6 Å². The van der Waals surface area contributed by atoms with Crippen LogP contribution >= 0.6 is 0 Å². The molecule has 30 heavy (non-hydrogen) atoms. The highest BCUT2D eigenvalue weighted by molar-refractivity contribution is 6.33. The van der Waals surface area contributed by atoms with E-state index < -0.39 is 36.1 Å². The average Bonchev–Trinajstić information content (AvgIpc) is 2.72. The van der Waals surface area contributed by atoms with Gasteiger partial charge in [-0.2, -0.15) is 0 Å². The molecule has 0 radical (unpaired) electrons. The summed E-state index contributed by atoms with van der Waals surface area (Å²) in [6.07, 6.45) is 3.68. The number of carboxylic acid groups (broad SMARTS) is 1. The number of carbonyl (C=O) groups is 5. The number of hydrogen-bond acceptors (Lipinski definition) is 5. The van der Waals surface area contributed by atoms with Gasteiger partial charge in [-0.3, -0.25) is 33.8 Å². The van der Waals surface area contributed by atoms with Crippen molar-refractivity contribution in [2.24, 2.45) is 0 Å². The predicted octanol–water partition coefficient (Wildman–Crippen LogP) is 2.70. The molecular weight excluding hydrogens is 388 g/mol. The van der Waals surface area contributed by atoms with Crippen molar-refractivity contribution in [3.63, 3.8) is 0 Å². The molecule has 2 aliphatic heterocycles. The summed E-state index contributed by atoms with van der Waals surface area (Å²) in [7, 11) is 0. The van der Waals surface area contributed by atoms with Crippen LogP contribution in [0.2, 0.25) is 0 Å². The SMILES string of the molecule is CCCCCCN1C(=O)c2ccc3c4c(ccc(c24)C1=O)C(=O)N(CC(=O)O)C3=O. The number of nitrogens with zero attached hydrogens (tertiary/aromatic N) is 2. The van der Waals surface area contributed by atoms with Gasteiger partial charge in [-0.05, 0) is 30.7 Å². The maximum absolute atomic E-state index is 13.0. The van der Waals surface area contributed by atoms with E-state index in [1.54, 1.807) is 0 Å². The maximum atomic E-state index is 13.0. The van der Waals surface area contributed by atoms with Gasteiger partial charge < -0.3 is 5.11 Å². The molecule has 4 rings (SSSR count). The summed E-state index contributed by atoms with van der Waals surface area (Å²) in [4.78, 5) is 64.6. The third-order valence-electron chi connectivity index (χ3n) is 5.59. The number of hydrogen-bond donors (Lipinski definition) is 1. The molecule has 0 bridgehead atoms. The first kappa shape index (κ1) is 19.8. The molecule has 154 valence electrons. The Kier molecular flexibility index (Phi) is 4.85. The van der Waals surface area contributed by atoms with Gasteiger partial charge in [-0.25, -0.2) is 0 Å². The van der Waals surface area contributed by atoms with Gasteiger partial charge in [0.05, 0.1) is 0 Å². The van der Waals surface area contributed by atoms with Crippen LogP contribution in [0.5, 0.6) is 0 Å². The predicted molar refractivity (Wildman–Crippen MR) is 106 cm³/mol. The van der Waals surface area contributed by atoms with Crippen LogP contribution in [-0.2, 0) is 4.79 Å². The van der Waals surface area contributed by atoms with Crippen molar-refractivity contribution in [1.29, 1.82) is 0 Å². The second-order valence-electron chi connectivity index (χ2n) is 7.48. The number of unbranched alkanes of at least 4 members (excludes halogenated alkanes) is 3. The fraction of sp³-hybridized carbons (Fsp3) is 0.318. The van der Waals surface area contributed by atoms with E-state index in [1.165, 1.54) is 29.2 Å². The fourth-order valence-corrected chi connectivity index (χ4v) is 4.15. The highest BCUT2D eigenvalue weighted by atomic mass is 16.4. The molecule has 0 atom stereocenters. The first-order valence-electron chi connectivity index (χ1n) is 9.90. The normalized spacial score (nSPS) is 15.4. The van der Waals surface area contributed by atoms with Gasteiger partial charge in [0.15, 0.2) is 0 Å². The van der Waals surface area contributed by atoms with Gasteiger partial charge in [-0.1, -0.05) is 26.2 Å². The largest absolute Gasteiger partial charge is 0.480 e. The minimum Gasteiger partial charge on any atom is -0.480 e. The van der Waals surface area contributed by atoms with E-state index in [0.717, 1.165) is 19.3 Å². The van der Waals surface area contributed by atoms with E-state index in [0.29, 0.717) is 23.3 Å². The molecule has 0 spiro atoms. The van der Waals surface area contributed by atoms with Crippen LogP contribution in [0, 0.1) is 0 Å². The zero-order valence-corrected chi connectivity index (χ0v) is 16.4. The second-order valence-corrected chi connectivity index (χ2v) is 7.48. The molecule has 4 amide bonds. The van der Waals surface area contributed by atoms with Gasteiger partial charge in [0.25, 0.3) is 23.6 Å².